The molecule has 0 rings (SSSR count). The molecule has 2 unspecified atom stereocenters. The van der Waals surface area contributed by atoms with Crippen molar-refractivity contribution >= 4 is 12.0 Å². The number of hydrogen-bond acceptors (Lipinski definition) is 8. The topological polar surface area (TPSA) is 150 Å². The number of rotatable bonds is 52. The van der Waals surface area contributed by atoms with Gasteiger partial charge in [-0.15, -0.1) is 0 Å². The Labute approximate surface area is 428 Å². The normalized spacial score (nSPS) is 12.8. The minimum absolute atomic E-state index is 0.0148. The highest BCUT2D eigenvalue weighted by atomic mass is 19.4. The lowest BCUT2D eigenvalue weighted by Gasteiger charge is -2.32. The van der Waals surface area contributed by atoms with Gasteiger partial charge in [-0.2, -0.15) is 13.2 Å². The van der Waals surface area contributed by atoms with Crippen LogP contribution < -0.4 is 27.0 Å². The fourth-order valence-electron chi connectivity index (χ4n) is 7.85. The summed E-state index contributed by atoms with van der Waals surface area (Å²) < 4.78 is 44.5. The molecule has 0 aromatic carbocycles. The number of urea groups is 1. The van der Waals surface area contributed by atoms with Gasteiger partial charge in [0.2, 0.25) is 0 Å². The summed E-state index contributed by atoms with van der Waals surface area (Å²) >= 11 is 0. The van der Waals surface area contributed by atoms with Crippen LogP contribution in [0.5, 0.6) is 0 Å². The number of hydrogen-bond donors (Lipinski definition) is 6. The van der Waals surface area contributed by atoms with Crippen molar-refractivity contribution in [1.29, 1.82) is 0 Å². The SMILES string of the molecule is CCCCCCCC/C=C\CCCCCCCCOCC(OCCCCCCCC/C=C\CCCCCCCC)C(C)N(C)CCNC(=O)NCCCNCCCCNCCCN.O=C(O)C(F)(F)F. The average molecular weight is 1010 g/mol. The molecule has 0 bridgehead atoms. The molecule has 0 aromatic rings. The Balaban J connectivity index is 0. The second-order valence-electron chi connectivity index (χ2n) is 19.3. The van der Waals surface area contributed by atoms with Crippen molar-refractivity contribution in [3.63, 3.8) is 0 Å². The van der Waals surface area contributed by atoms with E-state index in [-0.39, 0.29) is 18.2 Å². The maximum absolute atomic E-state index is 12.5. The first kappa shape index (κ1) is 69.8. The molecule has 0 heterocycles. The molecule has 0 radical (unpaired) electrons. The summed E-state index contributed by atoms with van der Waals surface area (Å²) in [6, 6.07) is 0.1000. The molecule has 70 heavy (non-hydrogen) atoms. The zero-order chi connectivity index (χ0) is 51.9. The van der Waals surface area contributed by atoms with Crippen molar-refractivity contribution in [1.82, 2.24) is 26.2 Å². The van der Waals surface area contributed by atoms with E-state index in [4.69, 9.17) is 25.1 Å². The van der Waals surface area contributed by atoms with Gasteiger partial charge in [-0.1, -0.05) is 154 Å². The predicted octanol–water partition coefficient (Wildman–Crippen LogP) is 13.4. The van der Waals surface area contributed by atoms with E-state index >= 15 is 0 Å². The molecule has 2 amide bonds. The summed E-state index contributed by atoms with van der Waals surface area (Å²) in [4.78, 5) is 23.7. The number of aliphatic carboxylic acids is 1. The number of amides is 2. The minimum Gasteiger partial charge on any atom is -0.475 e. The Hall–Kier alpha value is -2.23. The van der Waals surface area contributed by atoms with E-state index in [1.165, 1.54) is 173 Å². The van der Waals surface area contributed by atoms with E-state index in [9.17, 15) is 18.0 Å². The first-order valence-electron chi connectivity index (χ1n) is 28.6. The third kappa shape index (κ3) is 55.1. The predicted molar refractivity (Wildman–Crippen MR) is 290 cm³/mol. The van der Waals surface area contributed by atoms with Crippen LogP contribution in [0.2, 0.25) is 0 Å². The highest BCUT2D eigenvalue weighted by molar-refractivity contribution is 5.73. The molecule has 14 heteroatoms. The van der Waals surface area contributed by atoms with Gasteiger partial charge in [0.05, 0.1) is 12.7 Å². The van der Waals surface area contributed by atoms with Gasteiger partial charge < -0.3 is 41.6 Å². The largest absolute Gasteiger partial charge is 0.490 e. The molecule has 0 saturated heterocycles. The van der Waals surface area contributed by atoms with Crippen molar-refractivity contribution in [3.05, 3.63) is 24.3 Å². The van der Waals surface area contributed by atoms with Gasteiger partial charge >= 0.3 is 18.2 Å². The second-order valence-corrected chi connectivity index (χ2v) is 19.3. The Bertz CT molecular complexity index is 1150. The number of nitrogens with two attached hydrogens (primary N) is 1. The summed E-state index contributed by atoms with van der Waals surface area (Å²) in [6.07, 6.45) is 45.7. The molecule has 11 nitrogen and oxygen atoms in total. The zero-order valence-corrected chi connectivity index (χ0v) is 45.6. The Kier molecular flexibility index (Phi) is 55.9. The van der Waals surface area contributed by atoms with E-state index in [0.29, 0.717) is 19.7 Å². The van der Waals surface area contributed by atoms with Crippen LogP contribution in [-0.2, 0) is 14.3 Å². The summed E-state index contributed by atoms with van der Waals surface area (Å²) in [6.45, 7) is 15.8. The van der Waals surface area contributed by atoms with E-state index < -0.39 is 12.1 Å². The summed E-state index contributed by atoms with van der Waals surface area (Å²) in [7, 11) is 2.14. The van der Waals surface area contributed by atoms with Gasteiger partial charge in [-0.05, 0) is 137 Å². The number of carbonyl (C=O) groups excluding carboxylic acids is 1. The minimum atomic E-state index is -5.08. The lowest BCUT2D eigenvalue weighted by Crippen LogP contribution is -2.47. The molecule has 0 fully saturated rings. The van der Waals surface area contributed by atoms with Crippen LogP contribution in [0.3, 0.4) is 0 Å². The summed E-state index contributed by atoms with van der Waals surface area (Å²) in [5, 5.41) is 20.1. The quantitative estimate of drug-likeness (QED) is 0.0259. The van der Waals surface area contributed by atoms with Crippen LogP contribution >= 0.6 is 0 Å². The standard InChI is InChI=1S/C54H110N6O3.C2HF3O2/c1-5-7-9-11-13-15-17-19-21-23-25-27-29-31-33-37-49-62-51-53(63-50-38-34-32-30-28-26-24-22-20-18-16-14-12-10-8-6-2)52(3)60(4)48-47-59-54(61)58-46-40-45-57-43-36-35-42-56-44-39-41-55;3-2(4,5)1(6)7/h19-22,52-53,56-57H,5-18,23-51,55H2,1-4H3,(H2,58,59,61);(H,6,7)/b21-19-,22-20-;. The number of carboxylic acid groups (broad SMARTS) is 1. The second kappa shape index (κ2) is 56.1. The van der Waals surface area contributed by atoms with E-state index in [1.54, 1.807) is 0 Å². The molecule has 416 valence electrons. The van der Waals surface area contributed by atoms with Crippen LogP contribution in [0, 0.1) is 0 Å². The van der Waals surface area contributed by atoms with Gasteiger partial charge in [0.25, 0.3) is 0 Å². The number of carboxylic acids is 1. The fourth-order valence-corrected chi connectivity index (χ4v) is 7.85. The molecule has 0 aliphatic carbocycles. The third-order valence-electron chi connectivity index (χ3n) is 12.6. The van der Waals surface area contributed by atoms with E-state index in [2.05, 4.69) is 78.3 Å². The van der Waals surface area contributed by atoms with Crippen molar-refractivity contribution < 1.29 is 37.3 Å². The van der Waals surface area contributed by atoms with Crippen molar-refractivity contribution in [2.24, 2.45) is 5.73 Å². The number of likely N-dealkylation sites (N-methyl/N-ethyl adjacent to an activating group) is 1. The molecule has 0 aromatic heterocycles. The highest BCUT2D eigenvalue weighted by Gasteiger charge is 2.38. The molecule has 2 atom stereocenters. The number of unbranched alkanes of at least 4 members (excludes halogenated alkanes) is 25. The van der Waals surface area contributed by atoms with Gasteiger partial charge in [0, 0.05) is 38.9 Å². The number of alkyl halides is 3. The van der Waals surface area contributed by atoms with Crippen LogP contribution in [0.4, 0.5) is 18.0 Å². The van der Waals surface area contributed by atoms with Gasteiger partial charge in [-0.25, -0.2) is 9.59 Å². The van der Waals surface area contributed by atoms with E-state index in [1.807, 2.05) is 0 Å². The smallest absolute Gasteiger partial charge is 0.475 e. The Morgan fingerprint density at radius 1 is 0.557 bits per heavy atom. The van der Waals surface area contributed by atoms with Gasteiger partial charge in [0.15, 0.2) is 0 Å². The third-order valence-corrected chi connectivity index (χ3v) is 12.6. The Morgan fingerprint density at radius 2 is 0.943 bits per heavy atom. The number of nitrogens with one attached hydrogen (secondary N) is 4. The zero-order valence-electron chi connectivity index (χ0n) is 45.6. The first-order valence-corrected chi connectivity index (χ1v) is 28.6. The Morgan fingerprint density at radius 3 is 1.39 bits per heavy atom. The fraction of sp³-hybridized carbons (Fsp3) is 0.893. The number of nitrogens with zero attached hydrogens (tertiary/aromatic N) is 1. The van der Waals surface area contributed by atoms with E-state index in [0.717, 1.165) is 84.6 Å². The highest BCUT2D eigenvalue weighted by Crippen LogP contribution is 2.15. The van der Waals surface area contributed by atoms with Crippen LogP contribution in [0.25, 0.3) is 0 Å². The molecule has 0 aliphatic heterocycles. The maximum Gasteiger partial charge on any atom is 0.490 e. The van der Waals surface area contributed by atoms with Crippen molar-refractivity contribution in [3.8, 4) is 0 Å². The van der Waals surface area contributed by atoms with Crippen LogP contribution in [-0.4, -0.2) is 120 Å². The average Bonchev–Trinajstić information content (AvgIpc) is 3.33. The molecular formula is C56H111F3N6O5. The molecule has 0 spiro atoms. The molecule has 0 saturated carbocycles. The number of ether oxygens (including phenoxy) is 2. The van der Waals surface area contributed by atoms with Crippen molar-refractivity contribution in [2.75, 3.05) is 79.2 Å². The lowest BCUT2D eigenvalue weighted by atomic mass is 10.1. The van der Waals surface area contributed by atoms with Gasteiger partial charge in [0.1, 0.15) is 0 Å². The van der Waals surface area contributed by atoms with Crippen molar-refractivity contribution in [2.45, 2.75) is 245 Å². The van der Waals surface area contributed by atoms with Gasteiger partial charge in [-0.3, -0.25) is 4.90 Å². The summed E-state index contributed by atoms with van der Waals surface area (Å²) in [5.74, 6) is -2.76. The monoisotopic (exact) mass is 1000 g/mol. The number of carbonyl (C=O) groups is 2. The maximum atomic E-state index is 12.5. The van der Waals surface area contributed by atoms with Crippen LogP contribution in [0.1, 0.15) is 226 Å². The number of allylic oxidation sites excluding steroid dienone is 4. The first-order chi connectivity index (χ1) is 34.0. The molecule has 0 aliphatic rings. The lowest BCUT2D eigenvalue weighted by molar-refractivity contribution is -0.192. The van der Waals surface area contributed by atoms with Crippen LogP contribution in [0.15, 0.2) is 24.3 Å². The molecular weight excluding hydrogens is 894 g/mol. The number of halogens is 3. The summed E-state index contributed by atoms with van der Waals surface area (Å²) in [5.41, 5.74) is 5.53. The molecule has 7 N–H and O–H groups in total.